The van der Waals surface area contributed by atoms with E-state index in [4.69, 9.17) is 16.3 Å². The van der Waals surface area contributed by atoms with Crippen molar-refractivity contribution in [2.24, 2.45) is 5.92 Å². The Morgan fingerprint density at radius 2 is 2.27 bits per heavy atom. The molecule has 2 atom stereocenters. The Morgan fingerprint density at radius 3 is 2.73 bits per heavy atom. The molecule has 0 aliphatic heterocycles. The van der Waals surface area contributed by atoms with Crippen LogP contribution in [0.4, 0.5) is 0 Å². The zero-order chi connectivity index (χ0) is 11.9. The van der Waals surface area contributed by atoms with Crippen molar-refractivity contribution in [3.8, 4) is 0 Å². The minimum Gasteiger partial charge on any atom is -0.388 e. The quantitative estimate of drug-likeness (QED) is 0.643. The summed E-state index contributed by atoms with van der Waals surface area (Å²) in [4.78, 5) is 11.4. The van der Waals surface area contributed by atoms with E-state index in [2.05, 4.69) is 5.32 Å². The summed E-state index contributed by atoms with van der Waals surface area (Å²) < 4.78 is 4.86. The molecule has 2 N–H and O–H groups in total. The van der Waals surface area contributed by atoms with Crippen molar-refractivity contribution in [2.45, 2.75) is 25.9 Å². The van der Waals surface area contributed by atoms with Crippen molar-refractivity contribution < 1.29 is 14.6 Å². The molecule has 0 aliphatic carbocycles. The third-order valence-electron chi connectivity index (χ3n) is 2.17. The molecule has 0 aromatic carbocycles. The maximum Gasteiger partial charge on any atom is 0.224 e. The molecular formula is C10H20ClNO3. The van der Waals surface area contributed by atoms with Gasteiger partial charge < -0.3 is 15.2 Å². The van der Waals surface area contributed by atoms with Crippen molar-refractivity contribution in [1.82, 2.24) is 5.32 Å². The van der Waals surface area contributed by atoms with E-state index in [1.165, 1.54) is 0 Å². The fourth-order valence-corrected chi connectivity index (χ4v) is 1.07. The predicted octanol–water partition coefficient (Wildman–Crippen LogP) is 0.765. The van der Waals surface area contributed by atoms with Gasteiger partial charge in [0.2, 0.25) is 5.91 Å². The lowest BCUT2D eigenvalue weighted by molar-refractivity contribution is -0.125. The maximum absolute atomic E-state index is 11.4. The lowest BCUT2D eigenvalue weighted by Crippen LogP contribution is -2.43. The van der Waals surface area contributed by atoms with Crippen molar-refractivity contribution in [2.75, 3.05) is 26.1 Å². The summed E-state index contributed by atoms with van der Waals surface area (Å²) in [7, 11) is 1.57. The number of hydrogen-bond donors (Lipinski definition) is 2. The molecular weight excluding hydrogens is 218 g/mol. The highest BCUT2D eigenvalue weighted by atomic mass is 35.5. The van der Waals surface area contributed by atoms with Crippen LogP contribution in [0, 0.1) is 5.92 Å². The van der Waals surface area contributed by atoms with Gasteiger partial charge in [0.05, 0.1) is 5.60 Å². The van der Waals surface area contributed by atoms with Crippen LogP contribution in [0.1, 0.15) is 20.3 Å². The van der Waals surface area contributed by atoms with Gasteiger partial charge in [0.25, 0.3) is 0 Å². The Bertz CT molecular complexity index is 197. The van der Waals surface area contributed by atoms with E-state index >= 15 is 0 Å². The fourth-order valence-electron chi connectivity index (χ4n) is 0.932. The van der Waals surface area contributed by atoms with E-state index in [0.717, 1.165) is 0 Å². The largest absolute Gasteiger partial charge is 0.388 e. The summed E-state index contributed by atoms with van der Waals surface area (Å²) in [6, 6.07) is 0. The first kappa shape index (κ1) is 14.7. The Kier molecular flexibility index (Phi) is 6.89. The third-order valence-corrected chi connectivity index (χ3v) is 2.63. The Labute approximate surface area is 95.9 Å². The zero-order valence-corrected chi connectivity index (χ0v) is 10.3. The molecule has 0 aliphatic rings. The van der Waals surface area contributed by atoms with Crippen LogP contribution in [0.3, 0.4) is 0 Å². The van der Waals surface area contributed by atoms with E-state index in [1.807, 2.05) is 0 Å². The predicted molar refractivity (Wildman–Crippen MR) is 60.0 cm³/mol. The van der Waals surface area contributed by atoms with Gasteiger partial charge in [0.1, 0.15) is 0 Å². The van der Waals surface area contributed by atoms with Crippen LogP contribution < -0.4 is 5.32 Å². The molecule has 0 radical (unpaired) electrons. The summed E-state index contributed by atoms with van der Waals surface area (Å²) in [6.45, 7) is 4.09. The maximum atomic E-state index is 11.4. The van der Waals surface area contributed by atoms with Crippen LogP contribution >= 0.6 is 11.6 Å². The molecule has 15 heavy (non-hydrogen) atoms. The standard InChI is InChI=1S/C10H20ClNO3/c1-8(6-11)9(13)12-7-10(2,14)4-5-15-3/h8,14H,4-7H2,1-3H3,(H,12,13). The lowest BCUT2D eigenvalue weighted by atomic mass is 10.0. The number of carbonyl (C=O) groups is 1. The number of carbonyl (C=O) groups excluding carboxylic acids is 1. The number of aliphatic hydroxyl groups is 1. The number of methoxy groups -OCH3 is 1. The number of rotatable bonds is 7. The van der Waals surface area contributed by atoms with Crippen LogP contribution in [-0.2, 0) is 9.53 Å². The monoisotopic (exact) mass is 237 g/mol. The SMILES string of the molecule is COCCC(C)(O)CNC(=O)C(C)CCl. The molecule has 90 valence electrons. The number of ether oxygens (including phenoxy) is 1. The topological polar surface area (TPSA) is 58.6 Å². The average Bonchev–Trinajstić information content (AvgIpc) is 2.22. The second-order valence-corrected chi connectivity index (χ2v) is 4.32. The fraction of sp³-hybridized carbons (Fsp3) is 0.900. The molecule has 0 bridgehead atoms. The van der Waals surface area contributed by atoms with Crippen molar-refractivity contribution in [3.63, 3.8) is 0 Å². The van der Waals surface area contributed by atoms with Crippen LogP contribution in [0.2, 0.25) is 0 Å². The normalized spacial score (nSPS) is 16.9. The van der Waals surface area contributed by atoms with Gasteiger partial charge in [0, 0.05) is 38.5 Å². The molecule has 4 nitrogen and oxygen atoms in total. The van der Waals surface area contributed by atoms with Gasteiger partial charge in [-0.1, -0.05) is 6.92 Å². The van der Waals surface area contributed by atoms with Gasteiger partial charge in [0.15, 0.2) is 0 Å². The molecule has 0 heterocycles. The number of hydrogen-bond acceptors (Lipinski definition) is 3. The van der Waals surface area contributed by atoms with Crippen LogP contribution in [0.25, 0.3) is 0 Å². The highest BCUT2D eigenvalue weighted by Crippen LogP contribution is 2.08. The van der Waals surface area contributed by atoms with Gasteiger partial charge in [-0.2, -0.15) is 0 Å². The first-order valence-electron chi connectivity index (χ1n) is 4.98. The van der Waals surface area contributed by atoms with E-state index < -0.39 is 5.60 Å². The van der Waals surface area contributed by atoms with Crippen molar-refractivity contribution in [1.29, 1.82) is 0 Å². The third kappa shape index (κ3) is 6.71. The van der Waals surface area contributed by atoms with Crippen LogP contribution in [-0.4, -0.2) is 42.8 Å². The summed E-state index contributed by atoms with van der Waals surface area (Å²) >= 11 is 5.54. The smallest absolute Gasteiger partial charge is 0.224 e. The highest BCUT2D eigenvalue weighted by molar-refractivity contribution is 6.19. The molecule has 0 rings (SSSR count). The second kappa shape index (κ2) is 7.04. The number of alkyl halides is 1. The first-order valence-corrected chi connectivity index (χ1v) is 5.51. The molecule has 0 fully saturated rings. The van der Waals surface area contributed by atoms with E-state index in [1.54, 1.807) is 21.0 Å². The van der Waals surface area contributed by atoms with Crippen molar-refractivity contribution in [3.05, 3.63) is 0 Å². The van der Waals surface area contributed by atoms with E-state index in [0.29, 0.717) is 13.0 Å². The Balaban J connectivity index is 3.86. The zero-order valence-electron chi connectivity index (χ0n) is 9.55. The number of nitrogens with one attached hydrogen (secondary N) is 1. The molecule has 5 heteroatoms. The van der Waals surface area contributed by atoms with Gasteiger partial charge in [-0.15, -0.1) is 11.6 Å². The van der Waals surface area contributed by atoms with Gasteiger partial charge in [-0.05, 0) is 6.92 Å². The summed E-state index contributed by atoms with van der Waals surface area (Å²) in [5.74, 6) is -0.0842. The molecule has 1 amide bonds. The molecule has 0 aromatic rings. The minimum atomic E-state index is -0.933. The molecule has 2 unspecified atom stereocenters. The number of amides is 1. The number of halogens is 1. The second-order valence-electron chi connectivity index (χ2n) is 4.01. The van der Waals surface area contributed by atoms with Gasteiger partial charge >= 0.3 is 0 Å². The highest BCUT2D eigenvalue weighted by Gasteiger charge is 2.22. The molecule has 0 saturated carbocycles. The summed E-state index contributed by atoms with van der Waals surface area (Å²) in [6.07, 6.45) is 0.485. The van der Waals surface area contributed by atoms with Crippen LogP contribution in [0.5, 0.6) is 0 Å². The van der Waals surface area contributed by atoms with Gasteiger partial charge in [-0.25, -0.2) is 0 Å². The molecule has 0 aromatic heterocycles. The average molecular weight is 238 g/mol. The first-order chi connectivity index (χ1) is 6.93. The Hall–Kier alpha value is -0.320. The summed E-state index contributed by atoms with van der Waals surface area (Å²) in [5, 5.41) is 12.5. The Morgan fingerprint density at radius 1 is 1.67 bits per heavy atom. The van der Waals surface area contributed by atoms with Crippen molar-refractivity contribution >= 4 is 17.5 Å². The van der Waals surface area contributed by atoms with Gasteiger partial charge in [-0.3, -0.25) is 4.79 Å². The van der Waals surface area contributed by atoms with E-state index in [9.17, 15) is 9.90 Å². The molecule has 0 saturated heterocycles. The minimum absolute atomic E-state index is 0.136. The summed E-state index contributed by atoms with van der Waals surface area (Å²) in [5.41, 5.74) is -0.933. The van der Waals surface area contributed by atoms with E-state index in [-0.39, 0.29) is 24.2 Å². The van der Waals surface area contributed by atoms with Crippen LogP contribution in [0.15, 0.2) is 0 Å². The lowest BCUT2D eigenvalue weighted by Gasteiger charge is -2.23. The molecule has 0 spiro atoms.